The standard InChI is InChI=1S/C67H60N2O8/c1-4-36-72-41-42-75-61-17-9-14-55(45-61)56-30-35-62-63(46-56)69-67(58-16-8-13-54(44-58)52-24-20-48(21-25-52)50-28-33-60(34-29-50)74-38-11-40-77-65(71)6-3)66(68-62)57-15-7-12-53(43-57)51-22-18-47(19-23-51)49-26-31-59(32-27-49)73-37-10-39-76-64(70)5-2/h5-9,12-35,43-46H,2-4,10-11,36-42H2,1H3. The highest BCUT2D eigenvalue weighted by Crippen LogP contribution is 2.37. The molecule has 1 aromatic heterocycles. The minimum atomic E-state index is -0.434. The van der Waals surface area contributed by atoms with E-state index in [2.05, 4.69) is 141 Å². The number of rotatable bonds is 25. The number of hydrogen-bond donors (Lipinski definition) is 0. The van der Waals surface area contributed by atoms with Crippen LogP contribution in [-0.4, -0.2) is 68.2 Å². The average molecular weight is 1020 g/mol. The maximum Gasteiger partial charge on any atom is 0.330 e. The van der Waals surface area contributed by atoms with E-state index in [4.69, 9.17) is 38.4 Å². The van der Waals surface area contributed by atoms with Crippen LogP contribution in [0.3, 0.4) is 0 Å². The Kier molecular flexibility index (Phi) is 18.1. The first kappa shape index (κ1) is 52.7. The third-order valence-electron chi connectivity index (χ3n) is 12.7. The molecule has 0 N–H and O–H groups in total. The van der Waals surface area contributed by atoms with Gasteiger partial charge in [-0.1, -0.05) is 147 Å². The summed E-state index contributed by atoms with van der Waals surface area (Å²) < 4.78 is 33.5. The van der Waals surface area contributed by atoms with E-state index in [0.717, 1.165) is 125 Å². The minimum absolute atomic E-state index is 0.280. The van der Waals surface area contributed by atoms with Crippen molar-refractivity contribution in [2.45, 2.75) is 26.2 Å². The SMILES string of the molecule is C=CC(=O)OCCCOc1ccc(-c2ccc(-c3cccc(-c4nc5ccc(-c6cccc(OCCOCCC)c6)cc5nc4-c4cccc(-c5ccc(-c6ccc(OCCCOC(=O)C=C)cc6)cc5)c4)c3)cc2)cc1. The van der Waals surface area contributed by atoms with Crippen LogP contribution in [0.15, 0.2) is 213 Å². The van der Waals surface area contributed by atoms with Gasteiger partial charge in [-0.2, -0.15) is 0 Å². The molecule has 0 aliphatic rings. The van der Waals surface area contributed by atoms with Crippen LogP contribution in [0.2, 0.25) is 0 Å². The van der Waals surface area contributed by atoms with Gasteiger partial charge in [-0.15, -0.1) is 0 Å². The molecule has 0 saturated carbocycles. The number of benzene rings is 8. The van der Waals surface area contributed by atoms with E-state index in [0.29, 0.717) is 45.9 Å². The Morgan fingerprint density at radius 1 is 0.377 bits per heavy atom. The second kappa shape index (κ2) is 26.4. The lowest BCUT2D eigenvalue weighted by atomic mass is 9.95. The lowest BCUT2D eigenvalue weighted by Crippen LogP contribution is -2.07. The Morgan fingerprint density at radius 2 is 0.766 bits per heavy atom. The number of esters is 2. The molecule has 0 saturated heterocycles. The number of aromatic nitrogens is 2. The van der Waals surface area contributed by atoms with Gasteiger partial charge in [0.05, 0.1) is 55.5 Å². The fourth-order valence-corrected chi connectivity index (χ4v) is 8.72. The van der Waals surface area contributed by atoms with Crippen LogP contribution >= 0.6 is 0 Å². The zero-order valence-corrected chi connectivity index (χ0v) is 43.2. The smallest absolute Gasteiger partial charge is 0.330 e. The van der Waals surface area contributed by atoms with Crippen LogP contribution in [0.5, 0.6) is 17.2 Å². The normalized spacial score (nSPS) is 10.9. The fourth-order valence-electron chi connectivity index (χ4n) is 8.72. The third-order valence-corrected chi connectivity index (χ3v) is 12.7. The highest BCUT2D eigenvalue weighted by Gasteiger charge is 2.17. The number of fused-ring (bicyclic) bond motifs is 1. The van der Waals surface area contributed by atoms with Gasteiger partial charge in [0.25, 0.3) is 0 Å². The first-order valence-corrected chi connectivity index (χ1v) is 25.9. The van der Waals surface area contributed by atoms with Gasteiger partial charge in [-0.05, 0) is 123 Å². The van der Waals surface area contributed by atoms with E-state index < -0.39 is 11.9 Å². The lowest BCUT2D eigenvalue weighted by Gasteiger charge is -2.14. The molecule has 0 spiro atoms. The first-order chi connectivity index (χ1) is 37.8. The van der Waals surface area contributed by atoms with Crippen LogP contribution in [0, 0.1) is 0 Å². The molecule has 386 valence electrons. The Labute approximate surface area is 450 Å². The van der Waals surface area contributed by atoms with E-state index in [1.165, 1.54) is 0 Å². The van der Waals surface area contributed by atoms with Crippen molar-refractivity contribution in [2.24, 2.45) is 0 Å². The molecular weight excluding hydrogens is 961 g/mol. The Morgan fingerprint density at radius 3 is 1.25 bits per heavy atom. The fraction of sp³-hybridized carbons (Fsp3) is 0.164. The molecular formula is C67H60N2O8. The van der Waals surface area contributed by atoms with Crippen molar-refractivity contribution in [1.82, 2.24) is 9.97 Å². The molecule has 0 aliphatic carbocycles. The molecule has 0 bridgehead atoms. The van der Waals surface area contributed by atoms with Crippen LogP contribution in [0.1, 0.15) is 26.2 Å². The second-order valence-corrected chi connectivity index (χ2v) is 18.1. The topological polar surface area (TPSA) is 115 Å². The molecule has 0 fully saturated rings. The van der Waals surface area contributed by atoms with Gasteiger partial charge in [0.15, 0.2) is 0 Å². The van der Waals surface area contributed by atoms with Crippen molar-refractivity contribution < 1.29 is 38.0 Å². The molecule has 0 aliphatic heterocycles. The number of hydrogen-bond acceptors (Lipinski definition) is 10. The van der Waals surface area contributed by atoms with E-state index >= 15 is 0 Å². The monoisotopic (exact) mass is 1020 g/mol. The number of ether oxygens (including phenoxy) is 6. The Bertz CT molecular complexity index is 3450. The Hall–Kier alpha value is -9.12. The summed E-state index contributed by atoms with van der Waals surface area (Å²) in [5.74, 6) is 1.42. The molecule has 8 aromatic carbocycles. The van der Waals surface area contributed by atoms with Crippen molar-refractivity contribution >= 4 is 23.0 Å². The number of nitrogens with zero attached hydrogens (tertiary/aromatic N) is 2. The summed E-state index contributed by atoms with van der Waals surface area (Å²) in [6, 6.07) is 64.5. The van der Waals surface area contributed by atoms with Gasteiger partial charge in [-0.3, -0.25) is 0 Å². The van der Waals surface area contributed by atoms with Gasteiger partial charge in [0.2, 0.25) is 0 Å². The number of carbonyl (C=O) groups is 2. The summed E-state index contributed by atoms with van der Waals surface area (Å²) in [5, 5.41) is 0. The van der Waals surface area contributed by atoms with Crippen molar-refractivity contribution in [3.63, 3.8) is 0 Å². The number of carbonyl (C=O) groups excluding carboxylic acids is 2. The molecule has 0 amide bonds. The minimum Gasteiger partial charge on any atom is -0.493 e. The molecule has 9 aromatic rings. The van der Waals surface area contributed by atoms with Crippen LogP contribution in [0.25, 0.3) is 89.2 Å². The van der Waals surface area contributed by atoms with Gasteiger partial charge < -0.3 is 28.4 Å². The van der Waals surface area contributed by atoms with Crippen LogP contribution in [-0.2, 0) is 23.8 Å². The molecule has 10 nitrogen and oxygen atoms in total. The van der Waals surface area contributed by atoms with Crippen molar-refractivity contribution in [3.8, 4) is 95.4 Å². The molecule has 0 unspecified atom stereocenters. The zero-order valence-electron chi connectivity index (χ0n) is 43.2. The molecule has 0 radical (unpaired) electrons. The predicted molar refractivity (Wildman–Crippen MR) is 307 cm³/mol. The highest BCUT2D eigenvalue weighted by molar-refractivity contribution is 5.91. The maximum atomic E-state index is 11.3. The van der Waals surface area contributed by atoms with Crippen LogP contribution in [0.4, 0.5) is 0 Å². The van der Waals surface area contributed by atoms with E-state index in [9.17, 15) is 9.59 Å². The summed E-state index contributed by atoms with van der Waals surface area (Å²) in [6.45, 7) is 12.1. The lowest BCUT2D eigenvalue weighted by molar-refractivity contribution is -0.138. The summed E-state index contributed by atoms with van der Waals surface area (Å²) in [5.41, 5.74) is 15.6. The first-order valence-electron chi connectivity index (χ1n) is 25.9. The van der Waals surface area contributed by atoms with Gasteiger partial charge in [0.1, 0.15) is 23.9 Å². The van der Waals surface area contributed by atoms with Crippen molar-refractivity contribution in [2.75, 3.05) is 46.2 Å². The molecule has 1 heterocycles. The quantitative estimate of drug-likeness (QED) is 0.0311. The second-order valence-electron chi connectivity index (χ2n) is 18.1. The average Bonchev–Trinajstić information content (AvgIpc) is 3.49. The van der Waals surface area contributed by atoms with Crippen molar-refractivity contribution in [1.29, 1.82) is 0 Å². The molecule has 9 rings (SSSR count). The van der Waals surface area contributed by atoms with E-state index in [-0.39, 0.29) is 13.2 Å². The zero-order chi connectivity index (χ0) is 53.2. The van der Waals surface area contributed by atoms with Gasteiger partial charge >= 0.3 is 11.9 Å². The largest absolute Gasteiger partial charge is 0.493 e. The van der Waals surface area contributed by atoms with Gasteiger partial charge in [0, 0.05) is 42.7 Å². The Balaban J connectivity index is 0.977. The van der Waals surface area contributed by atoms with Crippen molar-refractivity contribution in [3.05, 3.63) is 213 Å². The third kappa shape index (κ3) is 14.2. The van der Waals surface area contributed by atoms with Gasteiger partial charge in [-0.25, -0.2) is 19.6 Å². The van der Waals surface area contributed by atoms with E-state index in [1.54, 1.807) is 0 Å². The summed E-state index contributed by atoms with van der Waals surface area (Å²) in [6.07, 6.45) is 4.46. The highest BCUT2D eigenvalue weighted by atomic mass is 16.5. The molecule has 77 heavy (non-hydrogen) atoms. The molecule has 0 atom stereocenters. The molecule has 10 heteroatoms. The summed E-state index contributed by atoms with van der Waals surface area (Å²) in [7, 11) is 0. The summed E-state index contributed by atoms with van der Waals surface area (Å²) >= 11 is 0. The predicted octanol–water partition coefficient (Wildman–Crippen LogP) is 15.1. The van der Waals surface area contributed by atoms with Crippen LogP contribution < -0.4 is 14.2 Å². The maximum absolute atomic E-state index is 11.3. The summed E-state index contributed by atoms with van der Waals surface area (Å²) in [4.78, 5) is 33.5. The van der Waals surface area contributed by atoms with E-state index in [1.807, 2.05) is 66.7 Å².